The Balaban J connectivity index is 2.02. The van der Waals surface area contributed by atoms with Crippen LogP contribution in [0.3, 0.4) is 0 Å². The van der Waals surface area contributed by atoms with Crippen LogP contribution in [0.5, 0.6) is 5.75 Å². The topological polar surface area (TPSA) is 71.0 Å². The van der Waals surface area contributed by atoms with Crippen molar-refractivity contribution in [1.29, 1.82) is 0 Å². The van der Waals surface area contributed by atoms with Crippen molar-refractivity contribution in [2.24, 2.45) is 0 Å². The molecule has 1 aliphatic rings. The van der Waals surface area contributed by atoms with Crippen molar-refractivity contribution in [1.82, 2.24) is 4.90 Å². The van der Waals surface area contributed by atoms with Crippen molar-refractivity contribution in [3.8, 4) is 5.75 Å². The van der Waals surface area contributed by atoms with Gasteiger partial charge in [-0.1, -0.05) is 6.07 Å². The van der Waals surface area contributed by atoms with Crippen molar-refractivity contribution < 1.29 is 19.4 Å². The highest BCUT2D eigenvalue weighted by atomic mass is 16.5. The van der Waals surface area contributed by atoms with Crippen LogP contribution in [0.15, 0.2) is 24.3 Å². The second-order valence-electron chi connectivity index (χ2n) is 4.27. The van der Waals surface area contributed by atoms with E-state index in [1.165, 1.54) is 0 Å². The zero-order chi connectivity index (χ0) is 13.7. The van der Waals surface area contributed by atoms with Gasteiger partial charge in [-0.05, 0) is 12.1 Å². The van der Waals surface area contributed by atoms with E-state index in [0.29, 0.717) is 31.2 Å². The molecule has 2 N–H and O–H groups in total. The maximum Gasteiger partial charge on any atom is 0.322 e. The van der Waals surface area contributed by atoms with Crippen LogP contribution in [-0.4, -0.2) is 55.6 Å². The maximum atomic E-state index is 12.1. The Labute approximate surface area is 111 Å². The lowest BCUT2D eigenvalue weighted by Gasteiger charge is -2.34. The predicted molar refractivity (Wildman–Crippen MR) is 70.4 cm³/mol. The van der Waals surface area contributed by atoms with Crippen LogP contribution >= 0.6 is 0 Å². The summed E-state index contributed by atoms with van der Waals surface area (Å²) >= 11 is 0. The largest absolute Gasteiger partial charge is 0.497 e. The number of aliphatic hydroxyl groups excluding tert-OH is 1. The molecule has 0 radical (unpaired) electrons. The zero-order valence-electron chi connectivity index (χ0n) is 10.8. The van der Waals surface area contributed by atoms with Gasteiger partial charge in [0.15, 0.2) is 0 Å². The second-order valence-corrected chi connectivity index (χ2v) is 4.27. The number of hydrogen-bond donors (Lipinski definition) is 2. The normalized spacial score (nSPS) is 19.1. The molecule has 6 nitrogen and oxygen atoms in total. The number of carbonyl (C=O) groups excluding carboxylic acids is 1. The lowest BCUT2D eigenvalue weighted by atomic mass is 10.2. The van der Waals surface area contributed by atoms with E-state index < -0.39 is 0 Å². The van der Waals surface area contributed by atoms with E-state index in [4.69, 9.17) is 9.47 Å². The van der Waals surface area contributed by atoms with E-state index >= 15 is 0 Å². The van der Waals surface area contributed by atoms with Crippen LogP contribution < -0.4 is 10.1 Å². The lowest BCUT2D eigenvalue weighted by Crippen LogP contribution is -2.52. The third-order valence-corrected chi connectivity index (χ3v) is 3.02. The summed E-state index contributed by atoms with van der Waals surface area (Å²) in [5, 5.41) is 12.0. The highest BCUT2D eigenvalue weighted by Crippen LogP contribution is 2.18. The fraction of sp³-hybridized carbons (Fsp3) is 0.462. The summed E-state index contributed by atoms with van der Waals surface area (Å²) in [4.78, 5) is 13.7. The van der Waals surface area contributed by atoms with Gasteiger partial charge in [0.25, 0.3) is 0 Å². The monoisotopic (exact) mass is 266 g/mol. The van der Waals surface area contributed by atoms with Gasteiger partial charge in [0.2, 0.25) is 0 Å². The summed E-state index contributed by atoms with van der Waals surface area (Å²) in [5.41, 5.74) is 0.660. The summed E-state index contributed by atoms with van der Waals surface area (Å²) in [6, 6.07) is 6.61. The molecule has 2 amide bonds. The summed E-state index contributed by atoms with van der Waals surface area (Å²) in [6.45, 7) is 1.22. The fourth-order valence-electron chi connectivity index (χ4n) is 1.97. The number of ether oxygens (including phenoxy) is 2. The quantitative estimate of drug-likeness (QED) is 0.853. The fourth-order valence-corrected chi connectivity index (χ4v) is 1.97. The molecule has 0 bridgehead atoms. The molecule has 1 aliphatic heterocycles. The highest BCUT2D eigenvalue weighted by molar-refractivity contribution is 5.89. The van der Waals surface area contributed by atoms with E-state index in [9.17, 15) is 9.90 Å². The molecule has 1 unspecified atom stereocenters. The molecule has 1 aromatic rings. The van der Waals surface area contributed by atoms with Crippen LogP contribution in [0.1, 0.15) is 0 Å². The van der Waals surface area contributed by atoms with Crippen molar-refractivity contribution in [3.05, 3.63) is 24.3 Å². The molecule has 19 heavy (non-hydrogen) atoms. The standard InChI is InChI=1S/C13H18N2O4/c1-18-12-4-2-3-10(7-12)14-13(17)15-5-6-19-9-11(15)8-16/h2-4,7,11,16H,5-6,8-9H2,1H3,(H,14,17). The smallest absolute Gasteiger partial charge is 0.322 e. The maximum absolute atomic E-state index is 12.1. The molecular weight excluding hydrogens is 248 g/mol. The molecule has 6 heteroatoms. The molecule has 1 fully saturated rings. The number of morpholine rings is 1. The Morgan fingerprint density at radius 3 is 3.21 bits per heavy atom. The minimum Gasteiger partial charge on any atom is -0.497 e. The number of anilines is 1. The second kappa shape index (κ2) is 6.40. The van der Waals surface area contributed by atoms with Crippen LogP contribution in [-0.2, 0) is 4.74 Å². The van der Waals surface area contributed by atoms with Crippen molar-refractivity contribution in [2.75, 3.05) is 38.8 Å². The molecule has 104 valence electrons. The number of rotatable bonds is 3. The van der Waals surface area contributed by atoms with E-state index in [1.807, 2.05) is 0 Å². The summed E-state index contributed by atoms with van der Waals surface area (Å²) in [6.07, 6.45) is 0. The molecule has 0 spiro atoms. The Morgan fingerprint density at radius 1 is 1.63 bits per heavy atom. The van der Waals surface area contributed by atoms with E-state index in [2.05, 4.69) is 5.32 Å². The minimum atomic E-state index is -0.292. The summed E-state index contributed by atoms with van der Waals surface area (Å²) in [7, 11) is 1.57. The van der Waals surface area contributed by atoms with Crippen LogP contribution in [0.4, 0.5) is 10.5 Å². The van der Waals surface area contributed by atoms with Gasteiger partial charge in [-0.25, -0.2) is 4.79 Å². The van der Waals surface area contributed by atoms with Crippen molar-refractivity contribution in [3.63, 3.8) is 0 Å². The van der Waals surface area contributed by atoms with Gasteiger partial charge < -0.3 is 24.8 Å². The molecule has 0 aliphatic carbocycles. The van der Waals surface area contributed by atoms with Gasteiger partial charge >= 0.3 is 6.03 Å². The number of methoxy groups -OCH3 is 1. The zero-order valence-corrected chi connectivity index (χ0v) is 10.8. The number of urea groups is 1. The molecule has 0 aromatic heterocycles. The van der Waals surface area contributed by atoms with E-state index in [-0.39, 0.29) is 18.7 Å². The first-order chi connectivity index (χ1) is 9.24. The SMILES string of the molecule is COc1cccc(NC(=O)N2CCOCC2CO)c1. The van der Waals surface area contributed by atoms with Crippen molar-refractivity contribution >= 4 is 11.7 Å². The summed E-state index contributed by atoms with van der Waals surface area (Å²) < 4.78 is 10.3. The first-order valence-electron chi connectivity index (χ1n) is 6.15. The molecule has 1 saturated heterocycles. The van der Waals surface area contributed by atoms with Crippen LogP contribution in [0.2, 0.25) is 0 Å². The Bertz CT molecular complexity index is 438. The lowest BCUT2D eigenvalue weighted by molar-refractivity contribution is -0.00485. The first-order valence-corrected chi connectivity index (χ1v) is 6.15. The Kier molecular flexibility index (Phi) is 4.59. The number of hydrogen-bond acceptors (Lipinski definition) is 4. The van der Waals surface area contributed by atoms with Gasteiger partial charge in [0.05, 0.1) is 33.0 Å². The minimum absolute atomic E-state index is 0.106. The number of aliphatic hydroxyl groups is 1. The molecular formula is C13H18N2O4. The van der Waals surface area contributed by atoms with Gasteiger partial charge in [0.1, 0.15) is 5.75 Å². The van der Waals surface area contributed by atoms with Gasteiger partial charge in [0, 0.05) is 18.3 Å². The van der Waals surface area contributed by atoms with E-state index in [0.717, 1.165) is 0 Å². The predicted octanol–water partition coefficient (Wildman–Crippen LogP) is 0.920. The van der Waals surface area contributed by atoms with E-state index in [1.54, 1.807) is 36.3 Å². The van der Waals surface area contributed by atoms with Crippen molar-refractivity contribution in [2.45, 2.75) is 6.04 Å². The molecule has 1 atom stereocenters. The first kappa shape index (κ1) is 13.6. The number of carbonyl (C=O) groups is 1. The van der Waals surface area contributed by atoms with Gasteiger partial charge in [-0.3, -0.25) is 0 Å². The summed E-state index contributed by atoms with van der Waals surface area (Å²) in [5.74, 6) is 0.679. The molecule has 0 saturated carbocycles. The third kappa shape index (κ3) is 3.36. The highest BCUT2D eigenvalue weighted by Gasteiger charge is 2.26. The average Bonchev–Trinajstić information content (AvgIpc) is 2.47. The number of benzene rings is 1. The van der Waals surface area contributed by atoms with Gasteiger partial charge in [-0.15, -0.1) is 0 Å². The molecule has 1 heterocycles. The number of nitrogens with one attached hydrogen (secondary N) is 1. The van der Waals surface area contributed by atoms with Crippen LogP contribution in [0.25, 0.3) is 0 Å². The van der Waals surface area contributed by atoms with Crippen LogP contribution in [0, 0.1) is 0 Å². The Hall–Kier alpha value is -1.79. The Morgan fingerprint density at radius 2 is 2.47 bits per heavy atom. The third-order valence-electron chi connectivity index (χ3n) is 3.02. The van der Waals surface area contributed by atoms with Gasteiger partial charge in [-0.2, -0.15) is 0 Å². The number of amides is 2. The average molecular weight is 266 g/mol. The molecule has 2 rings (SSSR count). The number of nitrogens with zero attached hydrogens (tertiary/aromatic N) is 1. The molecule has 1 aromatic carbocycles.